The van der Waals surface area contributed by atoms with E-state index < -0.39 is 5.97 Å². The molecule has 0 atom stereocenters. The second kappa shape index (κ2) is 4.99. The quantitative estimate of drug-likeness (QED) is 0.402. The van der Waals surface area contributed by atoms with Gasteiger partial charge in [-0.3, -0.25) is 0 Å². The Labute approximate surface area is 99.9 Å². The third kappa shape index (κ3) is 2.84. The minimum atomic E-state index is -0.965. The molecule has 0 aliphatic carbocycles. The number of aromatic carboxylic acids is 1. The van der Waals surface area contributed by atoms with Gasteiger partial charge in [0.05, 0.1) is 12.1 Å². The molecule has 6 heteroatoms. The molecule has 0 fully saturated rings. The molecule has 15 heavy (non-hydrogen) atoms. The van der Waals surface area contributed by atoms with Crippen LogP contribution in [-0.2, 0) is 6.54 Å². The number of carboxylic acid groups (broad SMARTS) is 1. The fraction of sp³-hybridized carbons (Fsp3) is 0.222. The van der Waals surface area contributed by atoms with Gasteiger partial charge in [0, 0.05) is 8.48 Å². The van der Waals surface area contributed by atoms with E-state index in [0.717, 1.165) is 9.13 Å². The minimum absolute atomic E-state index is 0.180. The summed E-state index contributed by atoms with van der Waals surface area (Å²) < 4.78 is 0.818. The molecule has 1 N–H and O–H groups in total. The first-order chi connectivity index (χ1) is 7.06. The summed E-state index contributed by atoms with van der Waals surface area (Å²) in [7, 11) is 0. The topological polar surface area (TPSA) is 86.1 Å². The standard InChI is InChI=1S/C9H8IN3O2/c1-5-6(4-12-13-11)2-7(10)3-8(5)9(14)15/h2-3H,4H2,1H3,(H,14,15). The second-order valence-corrected chi connectivity index (χ2v) is 4.18. The molecule has 0 heterocycles. The van der Waals surface area contributed by atoms with Gasteiger partial charge in [0.15, 0.2) is 0 Å². The molecule has 5 nitrogen and oxygen atoms in total. The van der Waals surface area contributed by atoms with Crippen LogP contribution in [0.3, 0.4) is 0 Å². The van der Waals surface area contributed by atoms with Crippen molar-refractivity contribution in [2.75, 3.05) is 0 Å². The Morgan fingerprint density at radius 3 is 2.87 bits per heavy atom. The first kappa shape index (κ1) is 11.8. The molecule has 0 unspecified atom stereocenters. The van der Waals surface area contributed by atoms with Gasteiger partial charge in [0.25, 0.3) is 0 Å². The summed E-state index contributed by atoms with van der Waals surface area (Å²) in [4.78, 5) is 13.5. The van der Waals surface area contributed by atoms with Crippen LogP contribution in [0.2, 0.25) is 0 Å². The number of nitrogens with zero attached hydrogens (tertiary/aromatic N) is 3. The van der Waals surface area contributed by atoms with Gasteiger partial charge < -0.3 is 5.11 Å². The molecule has 0 aliphatic heterocycles. The van der Waals surface area contributed by atoms with Crippen molar-refractivity contribution in [3.63, 3.8) is 0 Å². The normalized spacial score (nSPS) is 9.47. The molecule has 1 aromatic carbocycles. The average molecular weight is 317 g/mol. The van der Waals surface area contributed by atoms with E-state index >= 15 is 0 Å². The number of rotatable bonds is 3. The van der Waals surface area contributed by atoms with Gasteiger partial charge in [-0.25, -0.2) is 4.79 Å². The summed E-state index contributed by atoms with van der Waals surface area (Å²) in [5.41, 5.74) is 9.86. The Morgan fingerprint density at radius 1 is 1.67 bits per heavy atom. The van der Waals surface area contributed by atoms with Gasteiger partial charge in [0.1, 0.15) is 0 Å². The Morgan fingerprint density at radius 2 is 2.33 bits per heavy atom. The Hall–Kier alpha value is -1.27. The Balaban J connectivity index is 3.27. The molecule has 0 saturated carbocycles. The maximum atomic E-state index is 10.9. The minimum Gasteiger partial charge on any atom is -0.478 e. The van der Waals surface area contributed by atoms with Gasteiger partial charge in [-0.05, 0) is 58.3 Å². The smallest absolute Gasteiger partial charge is 0.335 e. The highest BCUT2D eigenvalue weighted by Crippen LogP contribution is 2.19. The lowest BCUT2D eigenvalue weighted by Crippen LogP contribution is -2.03. The van der Waals surface area contributed by atoms with E-state index in [2.05, 4.69) is 10.0 Å². The van der Waals surface area contributed by atoms with Gasteiger partial charge in [0.2, 0.25) is 0 Å². The molecule has 78 valence electrons. The van der Waals surface area contributed by atoms with Crippen LogP contribution in [0.1, 0.15) is 21.5 Å². The highest BCUT2D eigenvalue weighted by molar-refractivity contribution is 14.1. The molecule has 0 radical (unpaired) electrons. The summed E-state index contributed by atoms with van der Waals surface area (Å²) in [5, 5.41) is 12.4. The molecule has 0 aromatic heterocycles. The highest BCUT2D eigenvalue weighted by Gasteiger charge is 2.11. The Bertz CT molecular complexity index is 453. The largest absolute Gasteiger partial charge is 0.478 e. The van der Waals surface area contributed by atoms with Crippen LogP contribution < -0.4 is 0 Å². The van der Waals surface area contributed by atoms with Gasteiger partial charge in [-0.15, -0.1) is 0 Å². The highest BCUT2D eigenvalue weighted by atomic mass is 127. The summed E-state index contributed by atoms with van der Waals surface area (Å²) in [6.07, 6.45) is 0. The van der Waals surface area contributed by atoms with Crippen LogP contribution >= 0.6 is 22.6 Å². The predicted molar refractivity (Wildman–Crippen MR) is 63.7 cm³/mol. The maximum absolute atomic E-state index is 10.9. The zero-order valence-corrected chi connectivity index (χ0v) is 10.1. The third-order valence-electron chi connectivity index (χ3n) is 2.01. The van der Waals surface area contributed by atoms with Crippen molar-refractivity contribution in [2.24, 2.45) is 5.11 Å². The van der Waals surface area contributed by atoms with E-state index in [9.17, 15) is 4.79 Å². The summed E-state index contributed by atoms with van der Waals surface area (Å²) in [5.74, 6) is -0.965. The van der Waals surface area contributed by atoms with Gasteiger partial charge >= 0.3 is 5.97 Å². The summed E-state index contributed by atoms with van der Waals surface area (Å²) in [6, 6.07) is 3.41. The molecular weight excluding hydrogens is 309 g/mol. The number of hydrogen-bond acceptors (Lipinski definition) is 2. The van der Waals surface area contributed by atoms with Crippen molar-refractivity contribution in [1.29, 1.82) is 0 Å². The van der Waals surface area contributed by atoms with Crippen LogP contribution in [-0.4, -0.2) is 11.1 Å². The van der Waals surface area contributed by atoms with E-state index in [1.807, 2.05) is 28.7 Å². The van der Waals surface area contributed by atoms with E-state index in [0.29, 0.717) is 5.56 Å². The van der Waals surface area contributed by atoms with Crippen LogP contribution in [0.4, 0.5) is 0 Å². The molecule has 1 rings (SSSR count). The average Bonchev–Trinajstić information content (AvgIpc) is 2.18. The van der Waals surface area contributed by atoms with Crippen molar-refractivity contribution >= 4 is 28.6 Å². The lowest BCUT2D eigenvalue weighted by atomic mass is 10.0. The molecular formula is C9H8IN3O2. The lowest BCUT2D eigenvalue weighted by molar-refractivity contribution is 0.0696. The lowest BCUT2D eigenvalue weighted by Gasteiger charge is -2.07. The Kier molecular flexibility index (Phi) is 3.93. The number of azide groups is 1. The molecule has 0 spiro atoms. The van der Waals surface area contributed by atoms with Crippen molar-refractivity contribution in [1.82, 2.24) is 0 Å². The van der Waals surface area contributed by atoms with Gasteiger partial charge in [-0.1, -0.05) is 5.11 Å². The first-order valence-electron chi connectivity index (χ1n) is 4.09. The summed E-state index contributed by atoms with van der Waals surface area (Å²) in [6.45, 7) is 1.89. The van der Waals surface area contributed by atoms with E-state index in [1.54, 1.807) is 13.0 Å². The zero-order valence-electron chi connectivity index (χ0n) is 7.94. The molecule has 1 aromatic rings. The first-order valence-corrected chi connectivity index (χ1v) is 5.17. The number of halogens is 1. The van der Waals surface area contributed by atoms with E-state index in [4.69, 9.17) is 10.6 Å². The zero-order chi connectivity index (χ0) is 11.4. The monoisotopic (exact) mass is 317 g/mol. The number of hydrogen-bond donors (Lipinski definition) is 1. The third-order valence-corrected chi connectivity index (χ3v) is 2.64. The molecule has 0 aliphatic rings. The second-order valence-electron chi connectivity index (χ2n) is 2.93. The van der Waals surface area contributed by atoms with Crippen molar-refractivity contribution < 1.29 is 9.90 Å². The number of benzene rings is 1. The van der Waals surface area contributed by atoms with E-state index in [1.165, 1.54) is 0 Å². The molecule has 0 saturated heterocycles. The summed E-state index contributed by atoms with van der Waals surface area (Å²) >= 11 is 2.03. The van der Waals surface area contributed by atoms with Crippen LogP contribution in [0.25, 0.3) is 10.4 Å². The van der Waals surface area contributed by atoms with E-state index in [-0.39, 0.29) is 12.1 Å². The van der Waals surface area contributed by atoms with Gasteiger partial charge in [-0.2, -0.15) is 0 Å². The fourth-order valence-electron chi connectivity index (χ4n) is 1.23. The van der Waals surface area contributed by atoms with Crippen molar-refractivity contribution in [3.05, 3.63) is 42.8 Å². The maximum Gasteiger partial charge on any atom is 0.335 e. The van der Waals surface area contributed by atoms with Crippen molar-refractivity contribution in [3.8, 4) is 0 Å². The molecule has 0 amide bonds. The SMILES string of the molecule is Cc1c(CN=[N+]=[N-])cc(I)cc1C(=O)O. The number of carbonyl (C=O) groups is 1. The fourth-order valence-corrected chi connectivity index (χ4v) is 1.92. The molecule has 0 bridgehead atoms. The predicted octanol–water partition coefficient (Wildman–Crippen LogP) is 3.11. The van der Waals surface area contributed by atoms with Crippen LogP contribution in [0, 0.1) is 10.5 Å². The number of carboxylic acids is 1. The van der Waals surface area contributed by atoms with Crippen LogP contribution in [0.15, 0.2) is 17.2 Å². The van der Waals surface area contributed by atoms with Crippen LogP contribution in [0.5, 0.6) is 0 Å². The van der Waals surface area contributed by atoms with Crippen molar-refractivity contribution in [2.45, 2.75) is 13.5 Å².